The van der Waals surface area contributed by atoms with Crippen molar-refractivity contribution in [3.63, 3.8) is 0 Å². The van der Waals surface area contributed by atoms with Crippen LogP contribution in [-0.4, -0.2) is 193 Å². The van der Waals surface area contributed by atoms with Crippen molar-refractivity contribution in [1.82, 2.24) is 5.32 Å². The van der Waals surface area contributed by atoms with Gasteiger partial charge in [-0.15, -0.1) is 0 Å². The third-order valence-corrected chi connectivity index (χ3v) is 23.1. The number of aliphatic hydroxyl groups is 11. The molecule has 17 atom stereocenters. The van der Waals surface area contributed by atoms with E-state index in [0.29, 0.717) is 12.8 Å². The van der Waals surface area contributed by atoms with Gasteiger partial charge in [-0.25, -0.2) is 0 Å². The highest BCUT2D eigenvalue weighted by atomic mass is 16.8. The lowest BCUT2D eigenvalue weighted by molar-refractivity contribution is -0.379. The molecule has 12 N–H and O–H groups in total. The third-order valence-electron chi connectivity index (χ3n) is 23.1. The molecule has 19 heteroatoms. The van der Waals surface area contributed by atoms with Gasteiger partial charge in [0.25, 0.3) is 0 Å². The summed E-state index contributed by atoms with van der Waals surface area (Å²) in [7, 11) is 0. The number of hydrogen-bond acceptors (Lipinski definition) is 18. The highest BCUT2D eigenvalue weighted by Gasteiger charge is 2.54. The van der Waals surface area contributed by atoms with Gasteiger partial charge in [0.2, 0.25) is 5.91 Å². The van der Waals surface area contributed by atoms with Crippen molar-refractivity contribution in [2.45, 2.75) is 484 Å². The Morgan fingerprint density at radius 1 is 0.319 bits per heavy atom. The number of carbonyl (C=O) groups is 1. The van der Waals surface area contributed by atoms with Crippen molar-refractivity contribution in [3.8, 4) is 0 Å². The molecule has 3 saturated heterocycles. The molecule has 0 radical (unpaired) electrons. The lowest BCUT2D eigenvalue weighted by Crippen LogP contribution is -2.66. The van der Waals surface area contributed by atoms with E-state index in [4.69, 9.17) is 28.4 Å². The van der Waals surface area contributed by atoms with E-state index in [1.54, 1.807) is 6.08 Å². The summed E-state index contributed by atoms with van der Waals surface area (Å²) in [4.78, 5) is 13.5. The van der Waals surface area contributed by atoms with E-state index < -0.39 is 124 Å². The smallest absolute Gasteiger partial charge is 0.220 e. The molecule has 0 spiro atoms. The Bertz CT molecular complexity index is 2470. The molecule has 0 aromatic heterocycles. The number of nitrogens with one attached hydrogen (secondary N) is 1. The molecule has 116 heavy (non-hydrogen) atoms. The molecular weight excluding hydrogens is 1470 g/mol. The summed E-state index contributed by atoms with van der Waals surface area (Å²) >= 11 is 0. The summed E-state index contributed by atoms with van der Waals surface area (Å²) in [6.07, 6.45) is 78.7. The van der Waals surface area contributed by atoms with E-state index >= 15 is 0 Å². The summed E-state index contributed by atoms with van der Waals surface area (Å²) in [5.41, 5.74) is 0. The Hall–Kier alpha value is -3.29. The first kappa shape index (κ1) is 107. The zero-order chi connectivity index (χ0) is 83.8. The molecule has 0 bridgehead atoms. The van der Waals surface area contributed by atoms with Crippen LogP contribution in [0.25, 0.3) is 0 Å². The van der Waals surface area contributed by atoms with Crippen LogP contribution in [0.4, 0.5) is 0 Å². The second kappa shape index (κ2) is 75.5. The van der Waals surface area contributed by atoms with Crippen molar-refractivity contribution in [1.29, 1.82) is 0 Å². The number of unbranched alkanes of at least 4 members (excludes halogenated alkanes) is 47. The van der Waals surface area contributed by atoms with E-state index in [0.717, 1.165) is 77.0 Å². The van der Waals surface area contributed by atoms with Crippen LogP contribution in [0.1, 0.15) is 380 Å². The zero-order valence-electron chi connectivity index (χ0n) is 73.0. The van der Waals surface area contributed by atoms with Gasteiger partial charge < -0.3 is 89.9 Å². The van der Waals surface area contributed by atoms with Crippen LogP contribution in [0, 0.1) is 0 Å². The minimum Gasteiger partial charge on any atom is -0.394 e. The van der Waals surface area contributed by atoms with Gasteiger partial charge in [0.15, 0.2) is 18.9 Å². The normalized spacial score (nSPS) is 24.9. The van der Waals surface area contributed by atoms with Crippen LogP contribution in [0.3, 0.4) is 0 Å². The van der Waals surface area contributed by atoms with Crippen LogP contribution in [0.2, 0.25) is 0 Å². The van der Waals surface area contributed by atoms with E-state index in [1.807, 2.05) is 6.08 Å². The van der Waals surface area contributed by atoms with E-state index in [9.17, 15) is 61.0 Å². The maximum atomic E-state index is 13.5. The zero-order valence-corrected chi connectivity index (χ0v) is 73.0. The van der Waals surface area contributed by atoms with Gasteiger partial charge in [-0.2, -0.15) is 0 Å². The first-order valence-electron chi connectivity index (χ1n) is 47.5. The standard InChI is InChI=1S/C97H173NO18/c1-3-5-7-9-11-13-15-17-19-21-23-25-27-29-31-33-35-37-38-39-40-41-42-43-45-47-49-51-53-55-57-59-61-63-65-67-69-71-73-75-85(103)98-80(81(102)74-72-70-68-66-64-62-60-58-56-54-52-50-48-46-44-36-34-32-30-28-26-24-22-20-18-16-14-12-10-8-6-4-2)79-111-95-91(109)88(106)93(83(77-100)113-95)116-97-92(110)89(107)94(84(78-101)114-97)115-96-90(108)87(105)86(104)82(76-99)112-96/h5,7,11,13,17,19,23,25,29,31,56,58,64,66,72,74,80-84,86-97,99-102,104-110H,3-4,6,8-10,12,14-16,18,20-22,24,26-28,30,32-55,57,59-63,65,67-71,73,75-79H2,1-2H3,(H,98,103)/b7-5-,13-11-,19-17-,25-23-,31-29-,58-56+,66-64+,74-72+. The molecule has 0 saturated carbocycles. The topological polar surface area (TPSA) is 307 Å². The predicted octanol–water partition coefficient (Wildman–Crippen LogP) is 19.0. The Kier molecular flexibility index (Phi) is 69.5. The molecule has 3 aliphatic rings. The average molecular weight is 1640 g/mol. The van der Waals surface area contributed by atoms with E-state index in [-0.39, 0.29) is 18.9 Å². The van der Waals surface area contributed by atoms with Gasteiger partial charge in [-0.1, -0.05) is 381 Å². The van der Waals surface area contributed by atoms with Crippen LogP contribution < -0.4 is 5.32 Å². The minimum atomic E-state index is -1.99. The maximum Gasteiger partial charge on any atom is 0.220 e. The molecule has 0 aromatic carbocycles. The molecule has 19 nitrogen and oxygen atoms in total. The number of rotatable bonds is 77. The maximum absolute atomic E-state index is 13.5. The first-order chi connectivity index (χ1) is 56.8. The number of hydrogen-bond donors (Lipinski definition) is 12. The Labute approximate surface area is 704 Å². The van der Waals surface area contributed by atoms with Crippen LogP contribution in [0.5, 0.6) is 0 Å². The Morgan fingerprint density at radius 3 is 0.966 bits per heavy atom. The molecule has 674 valence electrons. The summed E-state index contributed by atoms with van der Waals surface area (Å²) in [5.74, 6) is -0.285. The molecule has 1 amide bonds. The highest BCUT2D eigenvalue weighted by molar-refractivity contribution is 5.76. The molecule has 3 fully saturated rings. The van der Waals surface area contributed by atoms with Gasteiger partial charge in [0.05, 0.1) is 38.6 Å². The first-order valence-corrected chi connectivity index (χ1v) is 47.5. The monoisotopic (exact) mass is 1640 g/mol. The molecular formula is C97H173NO18. The van der Waals surface area contributed by atoms with Gasteiger partial charge in [-0.05, 0) is 89.9 Å². The van der Waals surface area contributed by atoms with Gasteiger partial charge >= 0.3 is 0 Å². The van der Waals surface area contributed by atoms with E-state index in [1.165, 1.54) is 270 Å². The fraction of sp³-hybridized carbons (Fsp3) is 0.825. The second-order valence-corrected chi connectivity index (χ2v) is 33.4. The second-order valence-electron chi connectivity index (χ2n) is 33.4. The summed E-state index contributed by atoms with van der Waals surface area (Å²) < 4.78 is 34.5. The van der Waals surface area contributed by atoms with Crippen molar-refractivity contribution >= 4 is 5.91 Å². The predicted molar refractivity (Wildman–Crippen MR) is 471 cm³/mol. The van der Waals surface area contributed by atoms with Gasteiger partial charge in [0, 0.05) is 6.42 Å². The molecule has 3 heterocycles. The largest absolute Gasteiger partial charge is 0.394 e. The molecule has 3 rings (SSSR count). The van der Waals surface area contributed by atoms with Gasteiger partial charge in [0.1, 0.15) is 73.2 Å². The number of allylic oxidation sites excluding steroid dienone is 15. The Morgan fingerprint density at radius 2 is 0.603 bits per heavy atom. The van der Waals surface area contributed by atoms with E-state index in [2.05, 4.69) is 104 Å². The molecule has 3 aliphatic heterocycles. The average Bonchev–Trinajstić information content (AvgIpc) is 0.779. The number of aliphatic hydroxyl groups excluding tert-OH is 11. The highest BCUT2D eigenvalue weighted by Crippen LogP contribution is 2.34. The molecule has 0 aliphatic carbocycles. The van der Waals surface area contributed by atoms with Crippen LogP contribution in [0.15, 0.2) is 97.2 Å². The van der Waals surface area contributed by atoms with Crippen molar-refractivity contribution in [2.75, 3.05) is 26.4 Å². The molecule has 0 aromatic rings. The van der Waals surface area contributed by atoms with Gasteiger partial charge in [-0.3, -0.25) is 4.79 Å². The van der Waals surface area contributed by atoms with Crippen LogP contribution in [-0.2, 0) is 33.2 Å². The summed E-state index contributed by atoms with van der Waals surface area (Å²) in [6.45, 7) is 1.65. The van der Waals surface area contributed by atoms with Crippen LogP contribution >= 0.6 is 0 Å². The number of amides is 1. The fourth-order valence-corrected chi connectivity index (χ4v) is 15.6. The number of carbonyl (C=O) groups excluding carboxylic acids is 1. The lowest BCUT2D eigenvalue weighted by Gasteiger charge is -2.48. The van der Waals surface area contributed by atoms with Crippen molar-refractivity contribution in [3.05, 3.63) is 97.2 Å². The molecule has 17 unspecified atom stereocenters. The lowest BCUT2D eigenvalue weighted by atomic mass is 9.96. The summed E-state index contributed by atoms with van der Waals surface area (Å²) in [6, 6.07) is -1.00. The van der Waals surface area contributed by atoms with Crippen molar-refractivity contribution < 1.29 is 89.4 Å². The minimum absolute atomic E-state index is 0.232. The quantitative estimate of drug-likeness (QED) is 0.0199. The van der Waals surface area contributed by atoms with Crippen molar-refractivity contribution in [2.24, 2.45) is 0 Å². The Balaban J connectivity index is 1.31. The number of ether oxygens (including phenoxy) is 6. The third kappa shape index (κ3) is 52.9. The SMILES string of the molecule is CC/C=C\C/C=C\C/C=C\C/C=C\C/C=C\CCCCCCCCCCCCCCCCCCCCCCCCCC(=O)NC(COC1OC(CO)C(OC2OC(CO)C(OC3OC(CO)C(O)C(O)C3O)C(O)C2O)C(O)C1O)C(O)/C=C/CC/C=C/CC/C=C/CCCCCCCCCCCCCCCCCCCCCCCC. The fourth-order valence-electron chi connectivity index (χ4n) is 15.6. The summed E-state index contributed by atoms with van der Waals surface area (Å²) in [5, 5.41) is 121.